The van der Waals surface area contributed by atoms with E-state index < -0.39 is 0 Å². The van der Waals surface area contributed by atoms with E-state index >= 15 is 0 Å². The monoisotopic (exact) mass is 226 g/mol. The molecule has 0 radical (unpaired) electrons. The third kappa shape index (κ3) is 2.45. The minimum absolute atomic E-state index is 0.395. The SMILES string of the molecule is CN(CC#N)c1ccc(-c2cnn(C)c2)cc1. The van der Waals surface area contributed by atoms with Gasteiger partial charge in [-0.1, -0.05) is 12.1 Å². The van der Waals surface area contributed by atoms with Crippen LogP contribution in [0.5, 0.6) is 0 Å². The summed E-state index contributed by atoms with van der Waals surface area (Å²) in [5.41, 5.74) is 3.27. The quantitative estimate of drug-likeness (QED) is 0.752. The van der Waals surface area contributed by atoms with Gasteiger partial charge in [0.15, 0.2) is 0 Å². The van der Waals surface area contributed by atoms with Crippen molar-refractivity contribution in [1.82, 2.24) is 9.78 Å². The van der Waals surface area contributed by atoms with Crippen molar-refractivity contribution in [2.24, 2.45) is 7.05 Å². The third-order valence-corrected chi connectivity index (χ3v) is 2.65. The first-order valence-electron chi connectivity index (χ1n) is 5.38. The number of nitrogens with zero attached hydrogens (tertiary/aromatic N) is 4. The molecular formula is C13H14N4. The molecule has 0 aliphatic rings. The summed E-state index contributed by atoms with van der Waals surface area (Å²) in [6.45, 7) is 0.395. The Balaban J connectivity index is 2.21. The highest BCUT2D eigenvalue weighted by atomic mass is 15.2. The first-order valence-corrected chi connectivity index (χ1v) is 5.38. The van der Waals surface area contributed by atoms with Crippen LogP contribution in [-0.4, -0.2) is 23.4 Å². The van der Waals surface area contributed by atoms with Crippen LogP contribution in [0.15, 0.2) is 36.7 Å². The van der Waals surface area contributed by atoms with Gasteiger partial charge in [-0.05, 0) is 17.7 Å². The molecule has 1 aromatic heterocycles. The average Bonchev–Trinajstić information content (AvgIpc) is 2.76. The van der Waals surface area contributed by atoms with E-state index in [1.807, 2.05) is 55.7 Å². The van der Waals surface area contributed by atoms with Crippen molar-refractivity contribution in [3.8, 4) is 17.2 Å². The number of aryl methyl sites for hydroxylation is 1. The molecule has 0 aliphatic carbocycles. The zero-order valence-electron chi connectivity index (χ0n) is 9.96. The molecule has 0 unspecified atom stereocenters. The maximum absolute atomic E-state index is 8.63. The molecule has 86 valence electrons. The number of nitriles is 1. The standard InChI is InChI=1S/C13H14N4/c1-16(8-7-14)13-5-3-11(4-6-13)12-9-15-17(2)10-12/h3-6,9-10H,8H2,1-2H3. The van der Waals surface area contributed by atoms with Crippen molar-refractivity contribution in [2.75, 3.05) is 18.5 Å². The van der Waals surface area contributed by atoms with Crippen LogP contribution in [0.1, 0.15) is 0 Å². The first kappa shape index (κ1) is 11.2. The first-order chi connectivity index (χ1) is 8.20. The molecule has 4 nitrogen and oxygen atoms in total. The van der Waals surface area contributed by atoms with Crippen LogP contribution >= 0.6 is 0 Å². The molecule has 2 rings (SSSR count). The normalized spacial score (nSPS) is 9.94. The van der Waals surface area contributed by atoms with E-state index in [1.165, 1.54) is 0 Å². The Kier molecular flexibility index (Phi) is 3.10. The molecule has 0 N–H and O–H groups in total. The summed E-state index contributed by atoms with van der Waals surface area (Å²) in [4.78, 5) is 1.91. The number of anilines is 1. The van der Waals surface area contributed by atoms with Crippen LogP contribution in [0.3, 0.4) is 0 Å². The van der Waals surface area contributed by atoms with Crippen molar-refractivity contribution in [3.05, 3.63) is 36.7 Å². The zero-order chi connectivity index (χ0) is 12.3. The van der Waals surface area contributed by atoms with Crippen molar-refractivity contribution in [3.63, 3.8) is 0 Å². The van der Waals surface area contributed by atoms with E-state index in [2.05, 4.69) is 11.2 Å². The van der Waals surface area contributed by atoms with Crippen molar-refractivity contribution >= 4 is 5.69 Å². The fourth-order valence-electron chi connectivity index (χ4n) is 1.68. The van der Waals surface area contributed by atoms with Crippen LogP contribution in [0.4, 0.5) is 5.69 Å². The summed E-state index contributed by atoms with van der Waals surface area (Å²) in [6, 6.07) is 10.2. The molecule has 0 aliphatic heterocycles. The van der Waals surface area contributed by atoms with Crippen molar-refractivity contribution in [2.45, 2.75) is 0 Å². The second-order valence-corrected chi connectivity index (χ2v) is 3.96. The van der Waals surface area contributed by atoms with Crippen molar-refractivity contribution in [1.29, 1.82) is 5.26 Å². The Labute approximate surface area is 101 Å². The third-order valence-electron chi connectivity index (χ3n) is 2.65. The van der Waals surface area contributed by atoms with Gasteiger partial charge in [0.2, 0.25) is 0 Å². The van der Waals surface area contributed by atoms with Gasteiger partial charge < -0.3 is 4.90 Å². The molecule has 4 heteroatoms. The summed E-state index contributed by atoms with van der Waals surface area (Å²) >= 11 is 0. The van der Waals surface area contributed by atoms with Crippen molar-refractivity contribution < 1.29 is 0 Å². The fraction of sp³-hybridized carbons (Fsp3) is 0.231. The molecule has 0 amide bonds. The van der Waals surface area contributed by atoms with E-state index in [0.29, 0.717) is 6.54 Å². The lowest BCUT2D eigenvalue weighted by Crippen LogP contribution is -2.16. The van der Waals surface area contributed by atoms with E-state index in [0.717, 1.165) is 16.8 Å². The molecule has 17 heavy (non-hydrogen) atoms. The summed E-state index contributed by atoms with van der Waals surface area (Å²) < 4.78 is 1.78. The molecule has 0 fully saturated rings. The summed E-state index contributed by atoms with van der Waals surface area (Å²) in [7, 11) is 3.81. The second-order valence-electron chi connectivity index (χ2n) is 3.96. The molecule has 1 heterocycles. The van der Waals surface area contributed by atoms with Crippen LogP contribution in [0.25, 0.3) is 11.1 Å². The molecule has 0 spiro atoms. The van der Waals surface area contributed by atoms with Gasteiger partial charge in [-0.2, -0.15) is 10.4 Å². The maximum atomic E-state index is 8.63. The lowest BCUT2D eigenvalue weighted by atomic mass is 10.1. The van der Waals surface area contributed by atoms with Crippen LogP contribution in [0, 0.1) is 11.3 Å². The van der Waals surface area contributed by atoms with Gasteiger partial charge in [0.25, 0.3) is 0 Å². The maximum Gasteiger partial charge on any atom is 0.105 e. The highest BCUT2D eigenvalue weighted by molar-refractivity contribution is 5.65. The van der Waals surface area contributed by atoms with E-state index in [1.54, 1.807) is 4.68 Å². The van der Waals surface area contributed by atoms with Crippen LogP contribution in [0.2, 0.25) is 0 Å². The Morgan fingerprint density at radius 3 is 2.53 bits per heavy atom. The minimum Gasteiger partial charge on any atom is -0.361 e. The summed E-state index contributed by atoms with van der Waals surface area (Å²) in [5, 5.41) is 12.8. The molecule has 0 atom stereocenters. The van der Waals surface area contributed by atoms with Gasteiger partial charge in [0, 0.05) is 31.5 Å². The zero-order valence-corrected chi connectivity index (χ0v) is 9.96. The second kappa shape index (κ2) is 4.71. The van der Waals surface area contributed by atoms with Crippen LogP contribution < -0.4 is 4.90 Å². The summed E-state index contributed by atoms with van der Waals surface area (Å²) in [5.74, 6) is 0. The smallest absolute Gasteiger partial charge is 0.105 e. The molecular weight excluding hydrogens is 212 g/mol. The van der Waals surface area contributed by atoms with Crippen LogP contribution in [-0.2, 0) is 7.05 Å². The number of rotatable bonds is 3. The lowest BCUT2D eigenvalue weighted by molar-refractivity contribution is 0.768. The largest absolute Gasteiger partial charge is 0.361 e. The highest BCUT2D eigenvalue weighted by Crippen LogP contribution is 2.21. The Hall–Kier alpha value is -2.28. The molecule has 1 aromatic carbocycles. The van der Waals surface area contributed by atoms with E-state index in [9.17, 15) is 0 Å². The Bertz CT molecular complexity index is 533. The van der Waals surface area contributed by atoms with Gasteiger partial charge in [-0.25, -0.2) is 0 Å². The minimum atomic E-state index is 0.395. The Morgan fingerprint density at radius 2 is 2.00 bits per heavy atom. The van der Waals surface area contributed by atoms with Gasteiger partial charge >= 0.3 is 0 Å². The molecule has 0 saturated heterocycles. The average molecular weight is 226 g/mol. The predicted molar refractivity (Wildman–Crippen MR) is 67.5 cm³/mol. The number of benzene rings is 1. The predicted octanol–water partition coefficient (Wildman–Crippen LogP) is 2.05. The number of hydrogen-bond donors (Lipinski definition) is 0. The fourth-order valence-corrected chi connectivity index (χ4v) is 1.68. The van der Waals surface area contributed by atoms with Gasteiger partial charge in [-0.15, -0.1) is 0 Å². The highest BCUT2D eigenvalue weighted by Gasteiger charge is 2.02. The van der Waals surface area contributed by atoms with E-state index in [4.69, 9.17) is 5.26 Å². The van der Waals surface area contributed by atoms with Gasteiger partial charge in [-0.3, -0.25) is 4.68 Å². The number of hydrogen-bond acceptors (Lipinski definition) is 3. The molecule has 2 aromatic rings. The summed E-state index contributed by atoms with van der Waals surface area (Å²) in [6.07, 6.45) is 3.82. The van der Waals surface area contributed by atoms with Gasteiger partial charge in [0.05, 0.1) is 12.3 Å². The lowest BCUT2D eigenvalue weighted by Gasteiger charge is -2.15. The topological polar surface area (TPSA) is 44.9 Å². The van der Waals surface area contributed by atoms with E-state index in [-0.39, 0.29) is 0 Å². The van der Waals surface area contributed by atoms with Gasteiger partial charge in [0.1, 0.15) is 6.54 Å². The number of aromatic nitrogens is 2. The molecule has 0 saturated carbocycles. The molecule has 0 bridgehead atoms. The Morgan fingerprint density at radius 1 is 1.29 bits per heavy atom.